The second kappa shape index (κ2) is 8.08. The van der Waals surface area contributed by atoms with Gasteiger partial charge in [-0.05, 0) is 18.8 Å². The number of hydrogen-bond donors (Lipinski definition) is 1. The van der Waals surface area contributed by atoms with Gasteiger partial charge in [-0.15, -0.1) is 12.4 Å². The van der Waals surface area contributed by atoms with Crippen LogP contribution in [0.25, 0.3) is 0 Å². The average Bonchev–Trinajstić information content (AvgIpc) is 3.19. The Morgan fingerprint density at radius 2 is 1.95 bits per heavy atom. The van der Waals surface area contributed by atoms with E-state index in [0.717, 1.165) is 45.3 Å². The standard InChI is InChI=1S/C14H27N3O.ClH/c1-12(2)11-17(13-3-4-13)8-5-14(18)16-9-6-15-7-10-16;/h12-13,15H,3-11H2,1-2H3;1H. The second-order valence-corrected chi connectivity index (χ2v) is 6.00. The molecule has 0 radical (unpaired) electrons. The Morgan fingerprint density at radius 3 is 2.47 bits per heavy atom. The molecule has 1 heterocycles. The van der Waals surface area contributed by atoms with Crippen LogP contribution in [-0.4, -0.2) is 61.0 Å². The van der Waals surface area contributed by atoms with Gasteiger partial charge in [0.1, 0.15) is 0 Å². The van der Waals surface area contributed by atoms with Gasteiger partial charge in [-0.2, -0.15) is 0 Å². The van der Waals surface area contributed by atoms with Crippen molar-refractivity contribution in [3.05, 3.63) is 0 Å². The predicted molar refractivity (Wildman–Crippen MR) is 80.7 cm³/mol. The van der Waals surface area contributed by atoms with Crippen LogP contribution in [0.3, 0.4) is 0 Å². The van der Waals surface area contributed by atoms with E-state index in [0.29, 0.717) is 18.2 Å². The second-order valence-electron chi connectivity index (χ2n) is 6.00. The quantitative estimate of drug-likeness (QED) is 0.802. The van der Waals surface area contributed by atoms with Crippen LogP contribution < -0.4 is 5.32 Å². The van der Waals surface area contributed by atoms with Crippen LogP contribution >= 0.6 is 12.4 Å². The minimum atomic E-state index is 0. The third-order valence-electron chi connectivity index (χ3n) is 3.75. The van der Waals surface area contributed by atoms with Gasteiger partial charge in [-0.3, -0.25) is 9.69 Å². The van der Waals surface area contributed by atoms with E-state index in [1.54, 1.807) is 0 Å². The molecule has 5 heteroatoms. The van der Waals surface area contributed by atoms with E-state index in [-0.39, 0.29) is 12.4 Å². The molecule has 0 unspecified atom stereocenters. The van der Waals surface area contributed by atoms with Gasteiger partial charge in [-0.1, -0.05) is 13.8 Å². The van der Waals surface area contributed by atoms with Crippen LogP contribution in [0, 0.1) is 5.92 Å². The number of amides is 1. The molecule has 1 N–H and O–H groups in total. The van der Waals surface area contributed by atoms with Crippen molar-refractivity contribution in [2.45, 2.75) is 39.2 Å². The molecule has 1 amide bonds. The molecule has 1 saturated heterocycles. The predicted octanol–water partition coefficient (Wildman–Crippen LogP) is 1.35. The highest BCUT2D eigenvalue weighted by atomic mass is 35.5. The molecule has 112 valence electrons. The highest BCUT2D eigenvalue weighted by molar-refractivity contribution is 5.85. The van der Waals surface area contributed by atoms with E-state index in [1.807, 2.05) is 4.90 Å². The number of carbonyl (C=O) groups is 1. The molecule has 2 fully saturated rings. The molecule has 1 aliphatic heterocycles. The third kappa shape index (κ3) is 5.67. The van der Waals surface area contributed by atoms with Crippen molar-refractivity contribution in [3.63, 3.8) is 0 Å². The highest BCUT2D eigenvalue weighted by Crippen LogP contribution is 2.27. The lowest BCUT2D eigenvalue weighted by Gasteiger charge is -2.29. The number of piperazine rings is 1. The fourth-order valence-corrected chi connectivity index (χ4v) is 2.64. The van der Waals surface area contributed by atoms with E-state index in [2.05, 4.69) is 24.1 Å². The molecule has 0 aromatic rings. The zero-order chi connectivity index (χ0) is 13.0. The molecule has 2 rings (SSSR count). The topological polar surface area (TPSA) is 35.6 Å². The van der Waals surface area contributed by atoms with Gasteiger partial charge < -0.3 is 10.2 Å². The Morgan fingerprint density at radius 1 is 1.32 bits per heavy atom. The van der Waals surface area contributed by atoms with Crippen LogP contribution in [0.15, 0.2) is 0 Å². The average molecular weight is 290 g/mol. The van der Waals surface area contributed by atoms with E-state index >= 15 is 0 Å². The van der Waals surface area contributed by atoms with Gasteiger partial charge in [0.2, 0.25) is 5.91 Å². The van der Waals surface area contributed by atoms with Crippen molar-refractivity contribution in [2.75, 3.05) is 39.3 Å². The van der Waals surface area contributed by atoms with Crippen LogP contribution in [0.5, 0.6) is 0 Å². The molecule has 1 saturated carbocycles. The fraction of sp³-hybridized carbons (Fsp3) is 0.929. The molecule has 4 nitrogen and oxygen atoms in total. The van der Waals surface area contributed by atoms with E-state index in [1.165, 1.54) is 12.8 Å². The van der Waals surface area contributed by atoms with Gasteiger partial charge in [0, 0.05) is 51.7 Å². The first-order chi connectivity index (χ1) is 8.66. The Labute approximate surface area is 123 Å². The van der Waals surface area contributed by atoms with Crippen molar-refractivity contribution >= 4 is 18.3 Å². The molecule has 0 atom stereocenters. The molecule has 19 heavy (non-hydrogen) atoms. The fourth-order valence-electron chi connectivity index (χ4n) is 2.64. The lowest BCUT2D eigenvalue weighted by atomic mass is 10.2. The number of rotatable bonds is 6. The number of nitrogens with one attached hydrogen (secondary N) is 1. The number of hydrogen-bond acceptors (Lipinski definition) is 3. The Kier molecular flexibility index (Phi) is 7.11. The highest BCUT2D eigenvalue weighted by Gasteiger charge is 2.29. The normalized spacial score (nSPS) is 19.7. The molecule has 0 aromatic heterocycles. The van der Waals surface area contributed by atoms with Crippen molar-refractivity contribution in [1.29, 1.82) is 0 Å². The zero-order valence-corrected chi connectivity index (χ0v) is 13.0. The third-order valence-corrected chi connectivity index (χ3v) is 3.75. The van der Waals surface area contributed by atoms with E-state index < -0.39 is 0 Å². The summed E-state index contributed by atoms with van der Waals surface area (Å²) in [5.41, 5.74) is 0. The first-order valence-electron chi connectivity index (χ1n) is 7.39. The smallest absolute Gasteiger partial charge is 0.223 e. The minimum absolute atomic E-state index is 0. The summed E-state index contributed by atoms with van der Waals surface area (Å²) in [6.07, 6.45) is 3.35. The van der Waals surface area contributed by atoms with Crippen molar-refractivity contribution < 1.29 is 4.79 Å². The summed E-state index contributed by atoms with van der Waals surface area (Å²) in [6, 6.07) is 0.767. The number of halogens is 1. The summed E-state index contributed by atoms with van der Waals surface area (Å²) in [6.45, 7) is 10.3. The largest absolute Gasteiger partial charge is 0.340 e. The molecule has 2 aliphatic rings. The summed E-state index contributed by atoms with van der Waals surface area (Å²) < 4.78 is 0. The summed E-state index contributed by atoms with van der Waals surface area (Å²) in [7, 11) is 0. The summed E-state index contributed by atoms with van der Waals surface area (Å²) >= 11 is 0. The summed E-state index contributed by atoms with van der Waals surface area (Å²) in [5, 5.41) is 3.28. The Bertz CT molecular complexity index is 276. The molecule has 0 bridgehead atoms. The summed E-state index contributed by atoms with van der Waals surface area (Å²) in [5.74, 6) is 1.03. The van der Waals surface area contributed by atoms with E-state index in [4.69, 9.17) is 0 Å². The number of nitrogens with zero attached hydrogens (tertiary/aromatic N) is 2. The van der Waals surface area contributed by atoms with Gasteiger partial charge in [0.15, 0.2) is 0 Å². The lowest BCUT2D eigenvalue weighted by molar-refractivity contribution is -0.132. The van der Waals surface area contributed by atoms with Crippen LogP contribution in [-0.2, 0) is 4.79 Å². The molecular formula is C14H28ClN3O. The minimum Gasteiger partial charge on any atom is -0.340 e. The molecule has 0 aromatic carbocycles. The molecule has 0 spiro atoms. The molecule has 1 aliphatic carbocycles. The monoisotopic (exact) mass is 289 g/mol. The van der Waals surface area contributed by atoms with Gasteiger partial charge >= 0.3 is 0 Å². The summed E-state index contributed by atoms with van der Waals surface area (Å²) in [4.78, 5) is 16.6. The van der Waals surface area contributed by atoms with Crippen LogP contribution in [0.2, 0.25) is 0 Å². The van der Waals surface area contributed by atoms with Crippen molar-refractivity contribution in [1.82, 2.24) is 15.1 Å². The van der Waals surface area contributed by atoms with Gasteiger partial charge in [0.05, 0.1) is 0 Å². The maximum atomic E-state index is 12.1. The van der Waals surface area contributed by atoms with E-state index in [9.17, 15) is 4.79 Å². The van der Waals surface area contributed by atoms with Crippen LogP contribution in [0.4, 0.5) is 0 Å². The Hall–Kier alpha value is -0.320. The number of carbonyl (C=O) groups excluding carboxylic acids is 1. The van der Waals surface area contributed by atoms with Crippen LogP contribution in [0.1, 0.15) is 33.1 Å². The maximum Gasteiger partial charge on any atom is 0.223 e. The van der Waals surface area contributed by atoms with Crippen molar-refractivity contribution in [2.24, 2.45) is 5.92 Å². The van der Waals surface area contributed by atoms with Gasteiger partial charge in [0.25, 0.3) is 0 Å². The first kappa shape index (κ1) is 16.7. The lowest BCUT2D eigenvalue weighted by Crippen LogP contribution is -2.47. The SMILES string of the molecule is CC(C)CN(CCC(=O)N1CCNCC1)C1CC1.Cl. The first-order valence-corrected chi connectivity index (χ1v) is 7.39. The zero-order valence-electron chi connectivity index (χ0n) is 12.2. The van der Waals surface area contributed by atoms with Gasteiger partial charge in [-0.25, -0.2) is 0 Å². The maximum absolute atomic E-state index is 12.1. The Balaban J connectivity index is 0.00000180. The molecular weight excluding hydrogens is 262 g/mol. The van der Waals surface area contributed by atoms with Crippen molar-refractivity contribution in [3.8, 4) is 0 Å².